The molecule has 2 saturated heterocycles. The number of amides is 3. The van der Waals surface area contributed by atoms with E-state index in [1.165, 1.54) is 0 Å². The number of benzene rings is 3. The van der Waals surface area contributed by atoms with E-state index in [1.807, 2.05) is 91.9 Å². The fourth-order valence-corrected chi connectivity index (χ4v) is 6.71. The van der Waals surface area contributed by atoms with Crippen LogP contribution in [0.15, 0.2) is 84.9 Å². The maximum absolute atomic E-state index is 13.7. The van der Waals surface area contributed by atoms with Crippen LogP contribution in [0.5, 0.6) is 0 Å². The van der Waals surface area contributed by atoms with Gasteiger partial charge in [-0.25, -0.2) is 9.48 Å². The lowest BCUT2D eigenvalue weighted by molar-refractivity contribution is 0.0212. The van der Waals surface area contributed by atoms with Crippen molar-refractivity contribution in [3.05, 3.63) is 102 Å². The van der Waals surface area contributed by atoms with Gasteiger partial charge in [-0.2, -0.15) is 5.10 Å². The van der Waals surface area contributed by atoms with Gasteiger partial charge in [0.25, 0.3) is 5.91 Å². The number of para-hydroxylation sites is 1. The van der Waals surface area contributed by atoms with Gasteiger partial charge in [-0.15, -0.1) is 0 Å². The summed E-state index contributed by atoms with van der Waals surface area (Å²) in [4.78, 5) is 29.1. The summed E-state index contributed by atoms with van der Waals surface area (Å²) in [6.07, 6.45) is 3.06. The highest BCUT2D eigenvalue weighted by molar-refractivity contribution is 5.95. The second-order valence-electron chi connectivity index (χ2n) is 12.6. The van der Waals surface area contributed by atoms with Gasteiger partial charge in [-0.3, -0.25) is 10.1 Å². The molecule has 0 aliphatic carbocycles. The molecule has 0 bridgehead atoms. The van der Waals surface area contributed by atoms with E-state index in [0.717, 1.165) is 67.0 Å². The molecule has 4 aromatic rings. The zero-order valence-electron chi connectivity index (χ0n) is 28.0. The smallest absolute Gasteiger partial charge is 0.320 e. The van der Waals surface area contributed by atoms with Crippen molar-refractivity contribution in [2.24, 2.45) is 0 Å². The van der Waals surface area contributed by atoms with E-state index >= 15 is 0 Å². The Kier molecular flexibility index (Phi) is 10.8. The molecular formula is C38H46N6O4. The van der Waals surface area contributed by atoms with Crippen LogP contribution < -0.4 is 16.0 Å². The zero-order chi connectivity index (χ0) is 33.5. The molecule has 2 fully saturated rings. The molecule has 2 aliphatic rings. The Bertz CT molecular complexity index is 1650. The monoisotopic (exact) mass is 650 g/mol. The van der Waals surface area contributed by atoms with Gasteiger partial charge >= 0.3 is 6.03 Å². The number of methoxy groups -OCH3 is 1. The molecule has 3 N–H and O–H groups in total. The van der Waals surface area contributed by atoms with Crippen LogP contribution in [0.1, 0.15) is 60.2 Å². The average molecular weight is 651 g/mol. The van der Waals surface area contributed by atoms with Crippen LogP contribution in [-0.4, -0.2) is 78.2 Å². The van der Waals surface area contributed by atoms with Gasteiger partial charge in [0.1, 0.15) is 11.9 Å². The molecule has 1 aromatic heterocycles. The van der Waals surface area contributed by atoms with Crippen molar-refractivity contribution in [2.75, 3.05) is 38.7 Å². The molecule has 3 atom stereocenters. The number of likely N-dealkylation sites (tertiary alicyclic amines) is 1. The topological polar surface area (TPSA) is 110 Å². The van der Waals surface area contributed by atoms with Crippen LogP contribution in [0.3, 0.4) is 0 Å². The van der Waals surface area contributed by atoms with Crippen molar-refractivity contribution < 1.29 is 19.1 Å². The lowest BCUT2D eigenvalue weighted by Gasteiger charge is -2.31. The highest BCUT2D eigenvalue weighted by atomic mass is 16.5. The van der Waals surface area contributed by atoms with E-state index in [0.29, 0.717) is 24.4 Å². The summed E-state index contributed by atoms with van der Waals surface area (Å²) in [5.41, 5.74) is 4.85. The number of aromatic nitrogens is 2. The molecule has 48 heavy (non-hydrogen) atoms. The Balaban J connectivity index is 1.20. The van der Waals surface area contributed by atoms with Crippen molar-refractivity contribution in [2.45, 2.75) is 63.8 Å². The van der Waals surface area contributed by atoms with Gasteiger partial charge in [-0.1, -0.05) is 67.6 Å². The maximum Gasteiger partial charge on any atom is 0.320 e. The number of nitrogens with zero attached hydrogens (tertiary/aromatic N) is 3. The van der Waals surface area contributed by atoms with E-state index in [1.54, 1.807) is 11.8 Å². The molecule has 3 amide bonds. The SMILES string of the molecule is CCN1CCC(NC(=O)c2ccc(-c3nn(-c4ccccc4)c(NC(=O)N[C@@H]4CC(CCOC)O[C@H]4c4ccccc4)c3C)cc2)CC1. The van der Waals surface area contributed by atoms with Gasteiger partial charge in [0, 0.05) is 49.5 Å². The third kappa shape index (κ3) is 7.78. The molecule has 2 aliphatic heterocycles. The summed E-state index contributed by atoms with van der Waals surface area (Å²) in [6, 6.07) is 26.9. The lowest BCUT2D eigenvalue weighted by atomic mass is 10.0. The Morgan fingerprint density at radius 2 is 1.62 bits per heavy atom. The van der Waals surface area contributed by atoms with E-state index in [2.05, 4.69) is 27.8 Å². The van der Waals surface area contributed by atoms with Crippen LogP contribution in [0.4, 0.5) is 10.6 Å². The number of ether oxygens (including phenoxy) is 2. The van der Waals surface area contributed by atoms with Gasteiger partial charge < -0.3 is 25.0 Å². The van der Waals surface area contributed by atoms with Crippen molar-refractivity contribution in [3.8, 4) is 16.9 Å². The fourth-order valence-electron chi connectivity index (χ4n) is 6.71. The zero-order valence-corrected chi connectivity index (χ0v) is 28.0. The first kappa shape index (κ1) is 33.4. The van der Waals surface area contributed by atoms with Crippen molar-refractivity contribution in [1.82, 2.24) is 25.3 Å². The molecule has 6 rings (SSSR count). The van der Waals surface area contributed by atoms with Crippen LogP contribution in [0.2, 0.25) is 0 Å². The summed E-state index contributed by atoms with van der Waals surface area (Å²) < 4.78 is 13.5. The van der Waals surface area contributed by atoms with E-state index in [9.17, 15) is 9.59 Å². The van der Waals surface area contributed by atoms with E-state index in [4.69, 9.17) is 14.6 Å². The third-order valence-corrected chi connectivity index (χ3v) is 9.46. The second-order valence-corrected chi connectivity index (χ2v) is 12.6. The molecular weight excluding hydrogens is 604 g/mol. The number of nitrogens with one attached hydrogen (secondary N) is 3. The van der Waals surface area contributed by atoms with Gasteiger partial charge in [0.05, 0.1) is 23.5 Å². The van der Waals surface area contributed by atoms with Gasteiger partial charge in [0.15, 0.2) is 0 Å². The van der Waals surface area contributed by atoms with Crippen molar-refractivity contribution >= 4 is 17.8 Å². The summed E-state index contributed by atoms with van der Waals surface area (Å²) >= 11 is 0. The Morgan fingerprint density at radius 3 is 2.29 bits per heavy atom. The number of urea groups is 1. The van der Waals surface area contributed by atoms with Crippen molar-refractivity contribution in [3.63, 3.8) is 0 Å². The minimum atomic E-state index is -0.333. The largest absolute Gasteiger partial charge is 0.385 e. The second kappa shape index (κ2) is 15.6. The molecule has 0 saturated carbocycles. The summed E-state index contributed by atoms with van der Waals surface area (Å²) in [7, 11) is 1.68. The van der Waals surface area contributed by atoms with E-state index < -0.39 is 0 Å². The molecule has 252 valence electrons. The first-order chi connectivity index (χ1) is 23.4. The number of hydrogen-bond acceptors (Lipinski definition) is 6. The first-order valence-corrected chi connectivity index (χ1v) is 17.0. The highest BCUT2D eigenvalue weighted by Gasteiger charge is 2.37. The maximum atomic E-state index is 13.7. The Labute approximate surface area is 282 Å². The summed E-state index contributed by atoms with van der Waals surface area (Å²) in [6.45, 7) is 7.78. The normalized spacial score (nSPS) is 20.0. The third-order valence-electron chi connectivity index (χ3n) is 9.46. The predicted molar refractivity (Wildman–Crippen MR) is 187 cm³/mol. The molecule has 0 spiro atoms. The number of carbonyl (C=O) groups is 2. The lowest BCUT2D eigenvalue weighted by Crippen LogP contribution is -2.44. The number of anilines is 1. The highest BCUT2D eigenvalue weighted by Crippen LogP contribution is 2.35. The molecule has 0 radical (unpaired) electrons. The van der Waals surface area contributed by atoms with Gasteiger partial charge in [0.2, 0.25) is 0 Å². The Hall–Kier alpha value is -4.51. The standard InChI is InChI=1S/C38H46N6O4/c1-4-43-22-19-30(20-23-43)39-37(45)29-17-15-27(16-18-29)34-26(2)36(44(42-34)31-13-9-6-10-14-31)41-38(46)40-33-25-32(21-24-47-3)48-35(33)28-11-7-5-8-12-28/h5-18,30,32-33,35H,4,19-25H2,1-3H3,(H,39,45)(H2,40,41,46)/t32?,33-,35+/m1/s1. The molecule has 3 aromatic carbocycles. The quantitative estimate of drug-likeness (QED) is 0.181. The van der Waals surface area contributed by atoms with Crippen LogP contribution in [-0.2, 0) is 9.47 Å². The number of piperidine rings is 1. The number of carbonyl (C=O) groups excluding carboxylic acids is 2. The minimum absolute atomic E-state index is 0.0252. The van der Waals surface area contributed by atoms with Crippen LogP contribution >= 0.6 is 0 Å². The summed E-state index contributed by atoms with van der Waals surface area (Å²) in [5, 5.41) is 14.5. The van der Waals surface area contributed by atoms with E-state index in [-0.39, 0.29) is 36.2 Å². The molecule has 10 nitrogen and oxygen atoms in total. The fraction of sp³-hybridized carbons (Fsp3) is 0.395. The number of hydrogen-bond donors (Lipinski definition) is 3. The van der Waals surface area contributed by atoms with Crippen molar-refractivity contribution in [1.29, 1.82) is 0 Å². The predicted octanol–water partition coefficient (Wildman–Crippen LogP) is 6.12. The van der Waals surface area contributed by atoms with Gasteiger partial charge in [-0.05, 0) is 69.0 Å². The first-order valence-electron chi connectivity index (χ1n) is 17.0. The average Bonchev–Trinajstić information content (AvgIpc) is 3.68. The molecule has 10 heteroatoms. The van der Waals surface area contributed by atoms with Crippen LogP contribution in [0, 0.1) is 6.92 Å². The minimum Gasteiger partial charge on any atom is -0.385 e. The number of rotatable bonds is 11. The molecule has 3 heterocycles. The Morgan fingerprint density at radius 1 is 0.938 bits per heavy atom. The summed E-state index contributed by atoms with van der Waals surface area (Å²) in [5.74, 6) is 0.510. The molecule has 1 unspecified atom stereocenters. The van der Waals surface area contributed by atoms with Crippen LogP contribution in [0.25, 0.3) is 16.9 Å².